The molecule has 55 heavy (non-hydrogen) atoms. The molecule has 0 aromatic carbocycles. The number of carbonyl (C=O) groups excluding carboxylic acids is 1. The van der Waals surface area contributed by atoms with Crippen molar-refractivity contribution >= 4 is 13.8 Å². The molecular formula is C46H85NO7P+. The van der Waals surface area contributed by atoms with E-state index in [4.69, 9.17) is 18.5 Å². The molecule has 0 heterocycles. The minimum Gasteiger partial charge on any atom is -0.498 e. The van der Waals surface area contributed by atoms with Crippen LogP contribution in [0.3, 0.4) is 0 Å². The van der Waals surface area contributed by atoms with Gasteiger partial charge in [-0.05, 0) is 83.1 Å². The van der Waals surface area contributed by atoms with Crippen LogP contribution >= 0.6 is 7.82 Å². The SMILES string of the molecule is CCCCCCCC/C=C\C/C=C\C/C=C\CCCC(=O)O[C@H](CO/C=C\CCCCCC/C=C\CCCCCCCC)COP(=O)(O)OCC[N+](C)(C)C. The fourth-order valence-corrected chi connectivity index (χ4v) is 6.39. The molecule has 0 aliphatic heterocycles. The van der Waals surface area contributed by atoms with Crippen molar-refractivity contribution < 1.29 is 37.3 Å². The molecule has 0 rings (SSSR count). The zero-order chi connectivity index (χ0) is 40.6. The highest BCUT2D eigenvalue weighted by molar-refractivity contribution is 7.47. The minimum absolute atomic E-state index is 0.0205. The smallest absolute Gasteiger partial charge is 0.472 e. The molecule has 2 atom stereocenters. The monoisotopic (exact) mass is 795 g/mol. The van der Waals surface area contributed by atoms with Gasteiger partial charge < -0.3 is 18.9 Å². The molecule has 0 bridgehead atoms. The van der Waals surface area contributed by atoms with Crippen LogP contribution in [0, 0.1) is 0 Å². The van der Waals surface area contributed by atoms with Crippen LogP contribution in [0.1, 0.15) is 174 Å². The van der Waals surface area contributed by atoms with Gasteiger partial charge in [0.15, 0.2) is 6.10 Å². The molecule has 0 spiro atoms. The van der Waals surface area contributed by atoms with Gasteiger partial charge in [0.25, 0.3) is 0 Å². The summed E-state index contributed by atoms with van der Waals surface area (Å²) in [6.45, 7) is 4.84. The third kappa shape index (κ3) is 43.0. The molecule has 1 N–H and O–H groups in total. The van der Waals surface area contributed by atoms with Crippen LogP contribution in [0.15, 0.2) is 60.9 Å². The predicted molar refractivity (Wildman–Crippen MR) is 233 cm³/mol. The summed E-state index contributed by atoms with van der Waals surface area (Å²) in [6, 6.07) is 0. The highest BCUT2D eigenvalue weighted by Gasteiger charge is 2.26. The van der Waals surface area contributed by atoms with E-state index in [1.54, 1.807) is 6.26 Å². The van der Waals surface area contributed by atoms with Crippen molar-refractivity contribution in [1.82, 2.24) is 0 Å². The first kappa shape index (κ1) is 53.0. The number of hydrogen-bond donors (Lipinski definition) is 1. The lowest BCUT2D eigenvalue weighted by Gasteiger charge is -2.24. The zero-order valence-corrected chi connectivity index (χ0v) is 37.0. The Labute approximate surface area is 339 Å². The summed E-state index contributed by atoms with van der Waals surface area (Å²) in [5.41, 5.74) is 0. The van der Waals surface area contributed by atoms with E-state index in [0.717, 1.165) is 38.5 Å². The van der Waals surface area contributed by atoms with Gasteiger partial charge in [0.1, 0.15) is 19.8 Å². The number of hydrogen-bond acceptors (Lipinski definition) is 6. The summed E-state index contributed by atoms with van der Waals surface area (Å²) >= 11 is 0. The van der Waals surface area contributed by atoms with E-state index in [1.165, 1.54) is 109 Å². The van der Waals surface area contributed by atoms with E-state index in [9.17, 15) is 14.3 Å². The van der Waals surface area contributed by atoms with Crippen LogP contribution in [-0.4, -0.2) is 69.0 Å². The average Bonchev–Trinajstić information content (AvgIpc) is 3.13. The maximum atomic E-state index is 12.7. The van der Waals surface area contributed by atoms with Crippen molar-refractivity contribution in [3.63, 3.8) is 0 Å². The summed E-state index contributed by atoms with van der Waals surface area (Å²) in [5, 5.41) is 0. The van der Waals surface area contributed by atoms with Gasteiger partial charge in [-0.25, -0.2) is 4.57 Å². The fraction of sp³-hybridized carbons (Fsp3) is 0.761. The largest absolute Gasteiger partial charge is 0.498 e. The van der Waals surface area contributed by atoms with Gasteiger partial charge in [0.2, 0.25) is 0 Å². The van der Waals surface area contributed by atoms with Crippen LogP contribution < -0.4 is 0 Å². The average molecular weight is 795 g/mol. The van der Waals surface area contributed by atoms with Crippen LogP contribution in [0.5, 0.6) is 0 Å². The normalized spacial score (nSPS) is 14.3. The third-order valence-electron chi connectivity index (χ3n) is 9.12. The lowest BCUT2D eigenvalue weighted by molar-refractivity contribution is -0.870. The standard InChI is InChI=1S/C46H84NO7P/c1-6-8-10-12-14-16-18-20-22-24-25-27-29-31-33-35-37-39-46(48)54-45(44-53-55(49,50)52-42-40-47(3,4)5)43-51-41-38-36-34-32-30-28-26-23-21-19-17-15-13-11-9-7-2/h20-23,25,27,31,33,38,41,45H,6-19,24,26,28-30,32,34-37,39-40,42-44H2,1-5H3/p+1/b22-20-,23-21-,27-25-,33-31-,41-38-/t45-/m1/s1. The van der Waals surface area contributed by atoms with Crippen molar-refractivity contribution in [1.29, 1.82) is 0 Å². The molecule has 0 aromatic rings. The molecule has 320 valence electrons. The molecule has 0 amide bonds. The number of likely N-dealkylation sites (N-methyl/N-ethyl adjacent to an activating group) is 1. The predicted octanol–water partition coefficient (Wildman–Crippen LogP) is 13.3. The Morgan fingerprint density at radius 2 is 1.02 bits per heavy atom. The van der Waals surface area contributed by atoms with Gasteiger partial charge in [-0.3, -0.25) is 13.8 Å². The number of phosphoric acid groups is 1. The number of carbonyl (C=O) groups is 1. The quantitative estimate of drug-likeness (QED) is 0.0165. The fourth-order valence-electron chi connectivity index (χ4n) is 5.65. The van der Waals surface area contributed by atoms with E-state index in [0.29, 0.717) is 17.4 Å². The highest BCUT2D eigenvalue weighted by Crippen LogP contribution is 2.43. The number of unbranched alkanes of at least 4 members (excludes halogenated alkanes) is 18. The van der Waals surface area contributed by atoms with Crippen LogP contribution in [-0.2, 0) is 27.9 Å². The van der Waals surface area contributed by atoms with Crippen molar-refractivity contribution in [2.24, 2.45) is 0 Å². The van der Waals surface area contributed by atoms with Crippen molar-refractivity contribution in [3.8, 4) is 0 Å². The second-order valence-corrected chi connectivity index (χ2v) is 17.2. The molecule has 0 radical (unpaired) electrons. The van der Waals surface area contributed by atoms with Crippen molar-refractivity contribution in [2.45, 2.75) is 180 Å². The Balaban J connectivity index is 4.41. The first-order valence-corrected chi connectivity index (χ1v) is 23.6. The number of ether oxygens (including phenoxy) is 2. The van der Waals surface area contributed by atoms with E-state index in [2.05, 4.69) is 62.5 Å². The van der Waals surface area contributed by atoms with Crippen LogP contribution in [0.4, 0.5) is 0 Å². The highest BCUT2D eigenvalue weighted by atomic mass is 31.2. The number of nitrogens with zero attached hydrogens (tertiary/aromatic N) is 1. The Kier molecular flexibility index (Phi) is 37.5. The zero-order valence-electron chi connectivity index (χ0n) is 36.1. The van der Waals surface area contributed by atoms with E-state index < -0.39 is 19.9 Å². The number of allylic oxidation sites excluding steroid dienone is 9. The molecule has 1 unspecified atom stereocenters. The van der Waals surface area contributed by atoms with Gasteiger partial charge in [-0.2, -0.15) is 0 Å². The maximum Gasteiger partial charge on any atom is 0.472 e. The first-order chi connectivity index (χ1) is 26.6. The lowest BCUT2D eigenvalue weighted by Crippen LogP contribution is -2.37. The molecule has 0 saturated carbocycles. The van der Waals surface area contributed by atoms with Crippen molar-refractivity contribution in [2.75, 3.05) is 47.5 Å². The first-order valence-electron chi connectivity index (χ1n) is 22.1. The topological polar surface area (TPSA) is 91.3 Å². The molecular weight excluding hydrogens is 709 g/mol. The number of quaternary nitrogens is 1. The molecule has 0 fully saturated rings. The Morgan fingerprint density at radius 1 is 0.582 bits per heavy atom. The molecule has 0 aliphatic rings. The molecule has 0 saturated heterocycles. The lowest BCUT2D eigenvalue weighted by atomic mass is 10.1. The van der Waals surface area contributed by atoms with Gasteiger partial charge in [-0.15, -0.1) is 0 Å². The summed E-state index contributed by atoms with van der Waals surface area (Å²) < 4.78 is 34.7. The van der Waals surface area contributed by atoms with Gasteiger partial charge >= 0.3 is 13.8 Å². The maximum absolute atomic E-state index is 12.7. The van der Waals surface area contributed by atoms with Gasteiger partial charge in [0, 0.05) is 6.42 Å². The summed E-state index contributed by atoms with van der Waals surface area (Å²) in [6.07, 6.45) is 49.3. The van der Waals surface area contributed by atoms with E-state index in [-0.39, 0.29) is 26.2 Å². The summed E-state index contributed by atoms with van der Waals surface area (Å²) in [7, 11) is 1.59. The van der Waals surface area contributed by atoms with E-state index in [1.807, 2.05) is 27.2 Å². The molecule has 8 nitrogen and oxygen atoms in total. The molecule has 9 heteroatoms. The molecule has 0 aliphatic carbocycles. The van der Waals surface area contributed by atoms with Crippen molar-refractivity contribution in [3.05, 3.63) is 60.9 Å². The Hall–Kier alpha value is -1.96. The second-order valence-electron chi connectivity index (χ2n) is 15.8. The summed E-state index contributed by atoms with van der Waals surface area (Å²) in [4.78, 5) is 22.8. The number of phosphoric ester groups is 1. The van der Waals surface area contributed by atoms with Crippen LogP contribution in [0.25, 0.3) is 0 Å². The Morgan fingerprint density at radius 3 is 1.53 bits per heavy atom. The van der Waals surface area contributed by atoms with E-state index >= 15 is 0 Å². The second kappa shape index (κ2) is 38.9. The Bertz CT molecular complexity index is 1060. The summed E-state index contributed by atoms with van der Waals surface area (Å²) in [5.74, 6) is -0.391. The minimum atomic E-state index is -4.31. The van der Waals surface area contributed by atoms with Crippen LogP contribution in [0.2, 0.25) is 0 Å². The number of rotatable bonds is 40. The molecule has 0 aromatic heterocycles. The third-order valence-corrected chi connectivity index (χ3v) is 10.1. The van der Waals surface area contributed by atoms with Gasteiger partial charge in [0.05, 0.1) is 34.0 Å². The van der Waals surface area contributed by atoms with Gasteiger partial charge in [-0.1, -0.05) is 140 Å². The number of esters is 1.